The summed E-state index contributed by atoms with van der Waals surface area (Å²) in [6, 6.07) is -1.36. The number of urea groups is 1. The van der Waals surface area contributed by atoms with Crippen molar-refractivity contribution in [3.63, 3.8) is 0 Å². The molecule has 0 saturated heterocycles. The number of amides is 4. The van der Waals surface area contributed by atoms with Gasteiger partial charge in [0.15, 0.2) is 0 Å². The molecule has 4 amide bonds. The zero-order valence-electron chi connectivity index (χ0n) is 9.11. The standard InChI is InChI=1S/C8H16N4O4/c1-4(7(15)12-8(16)10-2)11-3-5(13)6(9)14/h4-5,11,13H,3H2,1-2H3,(H2,9,14)(H2,10,12,15,16). The van der Waals surface area contributed by atoms with Gasteiger partial charge in [-0.25, -0.2) is 4.79 Å². The minimum absolute atomic E-state index is 0.155. The van der Waals surface area contributed by atoms with Crippen molar-refractivity contribution in [3.8, 4) is 0 Å². The lowest BCUT2D eigenvalue weighted by molar-refractivity contribution is -0.127. The van der Waals surface area contributed by atoms with Gasteiger partial charge < -0.3 is 21.5 Å². The molecule has 2 atom stereocenters. The fraction of sp³-hybridized carbons (Fsp3) is 0.625. The Morgan fingerprint density at radius 2 is 1.94 bits per heavy atom. The zero-order chi connectivity index (χ0) is 12.7. The Hall–Kier alpha value is -1.67. The summed E-state index contributed by atoms with van der Waals surface area (Å²) in [4.78, 5) is 32.5. The number of imide groups is 1. The van der Waals surface area contributed by atoms with Gasteiger partial charge in [-0.1, -0.05) is 0 Å². The van der Waals surface area contributed by atoms with Gasteiger partial charge in [0.2, 0.25) is 11.8 Å². The van der Waals surface area contributed by atoms with Crippen molar-refractivity contribution in [2.24, 2.45) is 5.73 Å². The highest BCUT2D eigenvalue weighted by Crippen LogP contribution is 1.84. The van der Waals surface area contributed by atoms with Gasteiger partial charge in [0.25, 0.3) is 0 Å². The highest BCUT2D eigenvalue weighted by molar-refractivity contribution is 5.96. The summed E-state index contributed by atoms with van der Waals surface area (Å²) in [5, 5.41) is 15.8. The number of nitrogens with one attached hydrogen (secondary N) is 3. The summed E-state index contributed by atoms with van der Waals surface area (Å²) in [7, 11) is 1.37. The van der Waals surface area contributed by atoms with Crippen LogP contribution >= 0.6 is 0 Å². The quantitative estimate of drug-likeness (QED) is 0.351. The van der Waals surface area contributed by atoms with Crippen LogP contribution in [0.25, 0.3) is 0 Å². The molecule has 0 radical (unpaired) electrons. The average Bonchev–Trinajstić information content (AvgIpc) is 2.24. The van der Waals surface area contributed by atoms with Crippen molar-refractivity contribution >= 4 is 17.8 Å². The lowest BCUT2D eigenvalue weighted by atomic mass is 10.2. The molecule has 0 bridgehead atoms. The molecule has 2 unspecified atom stereocenters. The molecule has 0 rings (SSSR count). The highest BCUT2D eigenvalue weighted by atomic mass is 16.3. The number of aliphatic hydroxyl groups excluding tert-OH is 1. The number of nitrogens with two attached hydrogens (primary N) is 1. The van der Waals surface area contributed by atoms with Crippen molar-refractivity contribution in [2.75, 3.05) is 13.6 Å². The smallest absolute Gasteiger partial charge is 0.321 e. The topological polar surface area (TPSA) is 134 Å². The predicted octanol–water partition coefficient (Wildman–Crippen LogP) is -2.73. The van der Waals surface area contributed by atoms with Crippen molar-refractivity contribution < 1.29 is 19.5 Å². The molecule has 0 aromatic rings. The first-order chi connectivity index (χ1) is 7.38. The largest absolute Gasteiger partial charge is 0.382 e. The second-order valence-corrected chi connectivity index (χ2v) is 3.12. The summed E-state index contributed by atoms with van der Waals surface area (Å²) in [5.74, 6) is -1.46. The van der Waals surface area contributed by atoms with E-state index in [-0.39, 0.29) is 6.54 Å². The highest BCUT2D eigenvalue weighted by Gasteiger charge is 2.17. The Balaban J connectivity index is 3.97. The Morgan fingerprint density at radius 3 is 2.38 bits per heavy atom. The Kier molecular flexibility index (Phi) is 6.04. The third-order valence-corrected chi connectivity index (χ3v) is 1.80. The molecule has 6 N–H and O–H groups in total. The third kappa shape index (κ3) is 5.27. The van der Waals surface area contributed by atoms with Gasteiger partial charge >= 0.3 is 6.03 Å². The lowest BCUT2D eigenvalue weighted by Gasteiger charge is -2.14. The zero-order valence-corrected chi connectivity index (χ0v) is 9.11. The van der Waals surface area contributed by atoms with Crippen LogP contribution in [-0.4, -0.2) is 48.7 Å². The van der Waals surface area contributed by atoms with Crippen LogP contribution in [0, 0.1) is 0 Å². The first-order valence-corrected chi connectivity index (χ1v) is 4.61. The van der Waals surface area contributed by atoms with Gasteiger partial charge in [-0.2, -0.15) is 0 Å². The van der Waals surface area contributed by atoms with Gasteiger partial charge in [0, 0.05) is 13.6 Å². The van der Waals surface area contributed by atoms with Crippen LogP contribution in [0.15, 0.2) is 0 Å². The second kappa shape index (κ2) is 6.75. The summed E-state index contributed by atoms with van der Waals surface area (Å²) in [5.41, 5.74) is 4.81. The first-order valence-electron chi connectivity index (χ1n) is 4.61. The van der Waals surface area contributed by atoms with Crippen LogP contribution in [0.4, 0.5) is 4.79 Å². The van der Waals surface area contributed by atoms with Crippen LogP contribution in [0.2, 0.25) is 0 Å². The molecule has 8 heteroatoms. The normalized spacial score (nSPS) is 13.7. The van der Waals surface area contributed by atoms with Crippen LogP contribution in [0.1, 0.15) is 6.92 Å². The molecule has 0 aromatic heterocycles. The van der Waals surface area contributed by atoms with Gasteiger partial charge in [-0.15, -0.1) is 0 Å². The van der Waals surface area contributed by atoms with Gasteiger partial charge in [0.05, 0.1) is 6.04 Å². The van der Waals surface area contributed by atoms with E-state index in [1.54, 1.807) is 0 Å². The minimum Gasteiger partial charge on any atom is -0.382 e. The fourth-order valence-corrected chi connectivity index (χ4v) is 0.764. The van der Waals surface area contributed by atoms with E-state index in [1.165, 1.54) is 14.0 Å². The van der Waals surface area contributed by atoms with Crippen LogP contribution in [0.5, 0.6) is 0 Å². The van der Waals surface area contributed by atoms with E-state index in [2.05, 4.69) is 10.6 Å². The maximum atomic E-state index is 11.3. The second-order valence-electron chi connectivity index (χ2n) is 3.12. The number of hydrogen-bond acceptors (Lipinski definition) is 5. The molecular weight excluding hydrogens is 216 g/mol. The molecular formula is C8H16N4O4. The number of hydrogen-bond donors (Lipinski definition) is 5. The van der Waals surface area contributed by atoms with Crippen molar-refractivity contribution in [3.05, 3.63) is 0 Å². The van der Waals surface area contributed by atoms with E-state index in [1.807, 2.05) is 5.32 Å². The third-order valence-electron chi connectivity index (χ3n) is 1.80. The molecule has 0 aliphatic carbocycles. The number of carbonyl (C=O) groups is 3. The van der Waals surface area contributed by atoms with Gasteiger partial charge in [0.1, 0.15) is 6.10 Å². The average molecular weight is 232 g/mol. The van der Waals surface area contributed by atoms with E-state index in [4.69, 9.17) is 10.8 Å². The van der Waals surface area contributed by atoms with Crippen LogP contribution in [-0.2, 0) is 9.59 Å². The number of carbonyl (C=O) groups excluding carboxylic acids is 3. The molecule has 0 saturated carbocycles. The SMILES string of the molecule is CNC(=O)NC(=O)C(C)NCC(O)C(N)=O. The van der Waals surface area contributed by atoms with Crippen molar-refractivity contribution in [2.45, 2.75) is 19.1 Å². The molecule has 0 heterocycles. The van der Waals surface area contributed by atoms with Crippen molar-refractivity contribution in [1.29, 1.82) is 0 Å². The Morgan fingerprint density at radius 1 is 1.38 bits per heavy atom. The molecule has 0 aliphatic rings. The maximum Gasteiger partial charge on any atom is 0.321 e. The van der Waals surface area contributed by atoms with Crippen LogP contribution in [0.3, 0.4) is 0 Å². The van der Waals surface area contributed by atoms with Crippen molar-refractivity contribution in [1.82, 2.24) is 16.0 Å². The predicted molar refractivity (Wildman–Crippen MR) is 55.3 cm³/mol. The van der Waals surface area contributed by atoms with E-state index in [9.17, 15) is 14.4 Å². The summed E-state index contributed by atoms with van der Waals surface area (Å²) in [6.45, 7) is 1.32. The molecule has 0 spiro atoms. The van der Waals surface area contributed by atoms with E-state index in [0.717, 1.165) is 0 Å². The molecule has 8 nitrogen and oxygen atoms in total. The first kappa shape index (κ1) is 14.3. The number of rotatable bonds is 5. The number of aliphatic hydroxyl groups is 1. The Bertz CT molecular complexity index is 281. The number of primary amides is 1. The molecule has 0 aliphatic heterocycles. The molecule has 0 fully saturated rings. The van der Waals surface area contributed by atoms with E-state index in [0.29, 0.717) is 0 Å². The Labute approximate surface area is 92.6 Å². The molecule has 16 heavy (non-hydrogen) atoms. The van der Waals surface area contributed by atoms with Crippen LogP contribution < -0.4 is 21.7 Å². The monoisotopic (exact) mass is 232 g/mol. The van der Waals surface area contributed by atoms with E-state index < -0.39 is 30.0 Å². The summed E-state index contributed by atoms with van der Waals surface area (Å²) >= 11 is 0. The molecule has 92 valence electrons. The summed E-state index contributed by atoms with van der Waals surface area (Å²) < 4.78 is 0. The van der Waals surface area contributed by atoms with Gasteiger partial charge in [-0.05, 0) is 6.92 Å². The van der Waals surface area contributed by atoms with E-state index >= 15 is 0 Å². The minimum atomic E-state index is -1.37. The molecule has 0 aromatic carbocycles. The lowest BCUT2D eigenvalue weighted by Crippen LogP contribution is -2.50. The maximum absolute atomic E-state index is 11.3. The van der Waals surface area contributed by atoms with Gasteiger partial charge in [-0.3, -0.25) is 14.9 Å². The summed E-state index contributed by atoms with van der Waals surface area (Å²) in [6.07, 6.45) is -1.37. The fourth-order valence-electron chi connectivity index (χ4n) is 0.764.